The minimum atomic E-state index is 0.221. The van der Waals surface area contributed by atoms with Gasteiger partial charge in [-0.1, -0.05) is 6.92 Å². The van der Waals surface area contributed by atoms with Crippen LogP contribution in [0.4, 0.5) is 0 Å². The van der Waals surface area contributed by atoms with Gasteiger partial charge in [0.05, 0.1) is 15.9 Å². The highest BCUT2D eigenvalue weighted by Gasteiger charge is 2.10. The third kappa shape index (κ3) is 3.29. The first kappa shape index (κ1) is 12.7. The highest BCUT2D eigenvalue weighted by atomic mass is 79.9. The molecule has 1 heterocycles. The molecule has 0 amide bonds. The van der Waals surface area contributed by atoms with Gasteiger partial charge in [-0.3, -0.25) is 4.68 Å². The molecule has 1 atom stereocenters. The molecule has 2 N–H and O–H groups in total. The summed E-state index contributed by atoms with van der Waals surface area (Å²) in [5.41, 5.74) is 2.14. The molecule has 0 fully saturated rings. The highest BCUT2D eigenvalue weighted by molar-refractivity contribution is 9.10. The quantitative estimate of drug-likeness (QED) is 0.850. The van der Waals surface area contributed by atoms with Crippen molar-refractivity contribution in [2.45, 2.75) is 20.4 Å². The predicted octanol–water partition coefficient (Wildman–Crippen LogP) is 1.21. The number of aryl methyl sites for hydroxylation is 2. The molecule has 86 valence electrons. The number of nitrogens with zero attached hydrogens (tertiary/aromatic N) is 2. The number of hydrogen-bond acceptors (Lipinski definition) is 3. The second-order valence-corrected chi connectivity index (χ2v) is 4.68. The Morgan fingerprint density at radius 3 is 2.73 bits per heavy atom. The minimum absolute atomic E-state index is 0.221. The topological polar surface area (TPSA) is 50.1 Å². The summed E-state index contributed by atoms with van der Waals surface area (Å²) in [7, 11) is 1.93. The van der Waals surface area contributed by atoms with E-state index < -0.39 is 0 Å². The summed E-state index contributed by atoms with van der Waals surface area (Å²) >= 11 is 3.51. The normalized spacial score (nSPS) is 13.1. The largest absolute Gasteiger partial charge is 0.396 e. The van der Waals surface area contributed by atoms with E-state index in [2.05, 4.69) is 26.3 Å². The number of aliphatic hydroxyl groups excluding tert-OH is 1. The van der Waals surface area contributed by atoms with Gasteiger partial charge in [0.25, 0.3) is 0 Å². The summed E-state index contributed by atoms with van der Waals surface area (Å²) < 4.78 is 2.94. The van der Waals surface area contributed by atoms with Gasteiger partial charge in [0.2, 0.25) is 0 Å². The summed E-state index contributed by atoms with van der Waals surface area (Å²) in [4.78, 5) is 0. The van der Waals surface area contributed by atoms with E-state index in [0.29, 0.717) is 0 Å². The standard InChI is InChI=1S/C10H18BrN3O/c1-7(6-15)4-12-5-9-10(11)8(2)13-14(9)3/h7,12,15H,4-6H2,1-3H3. The number of hydrogen-bond donors (Lipinski definition) is 2. The molecule has 1 aromatic heterocycles. The Labute approximate surface area is 98.8 Å². The van der Waals surface area contributed by atoms with Gasteiger partial charge in [0.15, 0.2) is 0 Å². The molecule has 0 bridgehead atoms. The van der Waals surface area contributed by atoms with Crippen molar-refractivity contribution in [1.29, 1.82) is 0 Å². The molecule has 0 aliphatic carbocycles. The van der Waals surface area contributed by atoms with Gasteiger partial charge >= 0.3 is 0 Å². The lowest BCUT2D eigenvalue weighted by Gasteiger charge is -2.09. The van der Waals surface area contributed by atoms with Crippen LogP contribution in [-0.2, 0) is 13.6 Å². The zero-order valence-electron chi connectivity index (χ0n) is 9.42. The van der Waals surface area contributed by atoms with Crippen LogP contribution in [0.15, 0.2) is 4.47 Å². The van der Waals surface area contributed by atoms with E-state index in [1.165, 1.54) is 0 Å². The molecule has 0 saturated carbocycles. The van der Waals surface area contributed by atoms with Gasteiger partial charge in [0, 0.05) is 26.7 Å². The van der Waals surface area contributed by atoms with Crippen LogP contribution in [-0.4, -0.2) is 28.0 Å². The van der Waals surface area contributed by atoms with Crippen LogP contribution in [0.25, 0.3) is 0 Å². The summed E-state index contributed by atoms with van der Waals surface area (Å²) in [5, 5.41) is 16.5. The van der Waals surface area contributed by atoms with E-state index in [-0.39, 0.29) is 12.5 Å². The number of aliphatic hydroxyl groups is 1. The van der Waals surface area contributed by atoms with Gasteiger partial charge in [-0.25, -0.2) is 0 Å². The minimum Gasteiger partial charge on any atom is -0.396 e. The fraction of sp³-hybridized carbons (Fsp3) is 0.700. The van der Waals surface area contributed by atoms with Crippen molar-refractivity contribution in [3.05, 3.63) is 15.9 Å². The van der Waals surface area contributed by atoms with E-state index in [4.69, 9.17) is 5.11 Å². The molecule has 4 nitrogen and oxygen atoms in total. The van der Waals surface area contributed by atoms with E-state index in [9.17, 15) is 0 Å². The molecule has 0 aromatic carbocycles. The Morgan fingerprint density at radius 2 is 2.27 bits per heavy atom. The average Bonchev–Trinajstić information content (AvgIpc) is 2.44. The molecular formula is C10H18BrN3O. The first-order valence-electron chi connectivity index (χ1n) is 5.05. The van der Waals surface area contributed by atoms with Crippen LogP contribution < -0.4 is 5.32 Å². The van der Waals surface area contributed by atoms with Crippen LogP contribution in [0.1, 0.15) is 18.3 Å². The van der Waals surface area contributed by atoms with Crippen molar-refractivity contribution >= 4 is 15.9 Å². The van der Waals surface area contributed by atoms with Crippen molar-refractivity contribution in [3.63, 3.8) is 0 Å². The van der Waals surface area contributed by atoms with Crippen molar-refractivity contribution in [1.82, 2.24) is 15.1 Å². The number of halogens is 1. The van der Waals surface area contributed by atoms with Crippen LogP contribution in [0.2, 0.25) is 0 Å². The summed E-state index contributed by atoms with van der Waals surface area (Å²) in [5.74, 6) is 0.290. The zero-order valence-corrected chi connectivity index (χ0v) is 11.0. The molecule has 0 spiro atoms. The van der Waals surface area contributed by atoms with E-state index in [1.807, 2.05) is 25.6 Å². The molecule has 0 aliphatic rings. The highest BCUT2D eigenvalue weighted by Crippen LogP contribution is 2.19. The molecule has 1 unspecified atom stereocenters. The second kappa shape index (κ2) is 5.63. The lowest BCUT2D eigenvalue weighted by atomic mass is 10.2. The fourth-order valence-corrected chi connectivity index (χ4v) is 1.85. The number of rotatable bonds is 5. The van der Waals surface area contributed by atoms with Gasteiger partial charge < -0.3 is 10.4 Å². The molecule has 0 aliphatic heterocycles. The first-order chi connectivity index (χ1) is 7.06. The third-order valence-corrected chi connectivity index (χ3v) is 3.39. The monoisotopic (exact) mass is 275 g/mol. The van der Waals surface area contributed by atoms with Gasteiger partial charge in [-0.2, -0.15) is 5.10 Å². The molecule has 1 aromatic rings. The van der Waals surface area contributed by atoms with Crippen molar-refractivity contribution in [2.75, 3.05) is 13.2 Å². The Kier molecular flexibility index (Phi) is 4.76. The molecule has 0 radical (unpaired) electrons. The van der Waals surface area contributed by atoms with Gasteiger partial charge in [-0.15, -0.1) is 0 Å². The predicted molar refractivity (Wildman–Crippen MR) is 63.6 cm³/mol. The lowest BCUT2D eigenvalue weighted by Crippen LogP contribution is -2.24. The molecule has 15 heavy (non-hydrogen) atoms. The van der Waals surface area contributed by atoms with Crippen molar-refractivity contribution in [3.8, 4) is 0 Å². The van der Waals surface area contributed by atoms with Crippen LogP contribution in [0.3, 0.4) is 0 Å². The van der Waals surface area contributed by atoms with Crippen molar-refractivity contribution < 1.29 is 5.11 Å². The summed E-state index contributed by atoms with van der Waals surface area (Å²) in [6, 6.07) is 0. The zero-order chi connectivity index (χ0) is 11.4. The van der Waals surface area contributed by atoms with Crippen LogP contribution in [0.5, 0.6) is 0 Å². The molecule has 1 rings (SSSR count). The number of aromatic nitrogens is 2. The van der Waals surface area contributed by atoms with E-state index in [1.54, 1.807) is 0 Å². The summed E-state index contributed by atoms with van der Waals surface area (Å²) in [6.07, 6.45) is 0. The maximum absolute atomic E-state index is 8.88. The smallest absolute Gasteiger partial charge is 0.0739 e. The summed E-state index contributed by atoms with van der Waals surface area (Å²) in [6.45, 7) is 5.79. The Balaban J connectivity index is 2.50. The maximum atomic E-state index is 8.88. The Bertz CT molecular complexity index is 325. The van der Waals surface area contributed by atoms with Gasteiger partial charge in [-0.05, 0) is 28.8 Å². The van der Waals surface area contributed by atoms with E-state index >= 15 is 0 Å². The van der Waals surface area contributed by atoms with Crippen molar-refractivity contribution in [2.24, 2.45) is 13.0 Å². The molecule has 0 saturated heterocycles. The lowest BCUT2D eigenvalue weighted by molar-refractivity contribution is 0.233. The Hall–Kier alpha value is -0.390. The Morgan fingerprint density at radius 1 is 1.60 bits per heavy atom. The van der Waals surface area contributed by atoms with Crippen LogP contribution >= 0.6 is 15.9 Å². The fourth-order valence-electron chi connectivity index (χ4n) is 1.37. The first-order valence-corrected chi connectivity index (χ1v) is 5.85. The molecule has 5 heteroatoms. The SMILES string of the molecule is Cc1nn(C)c(CNCC(C)CO)c1Br. The number of nitrogens with one attached hydrogen (secondary N) is 1. The maximum Gasteiger partial charge on any atom is 0.0739 e. The van der Waals surface area contributed by atoms with E-state index in [0.717, 1.165) is 29.0 Å². The molecular weight excluding hydrogens is 258 g/mol. The third-order valence-electron chi connectivity index (χ3n) is 2.36. The van der Waals surface area contributed by atoms with Crippen LogP contribution in [0, 0.1) is 12.8 Å². The second-order valence-electron chi connectivity index (χ2n) is 3.89. The average molecular weight is 276 g/mol. The van der Waals surface area contributed by atoms with Gasteiger partial charge in [0.1, 0.15) is 0 Å².